The number of aliphatic hydroxyl groups excluding tert-OH is 1. The lowest BCUT2D eigenvalue weighted by atomic mass is 9.96. The van der Waals surface area contributed by atoms with Gasteiger partial charge in [-0.2, -0.15) is 0 Å². The van der Waals surface area contributed by atoms with Crippen molar-refractivity contribution in [1.82, 2.24) is 0 Å². The van der Waals surface area contributed by atoms with Gasteiger partial charge in [0.1, 0.15) is 0 Å². The first-order valence-electron chi connectivity index (χ1n) is 6.17. The summed E-state index contributed by atoms with van der Waals surface area (Å²) >= 11 is 12.2. The van der Waals surface area contributed by atoms with Crippen LogP contribution in [0.1, 0.15) is 28.4 Å². The van der Waals surface area contributed by atoms with Crippen LogP contribution in [0.5, 0.6) is 0 Å². The van der Waals surface area contributed by atoms with Crippen LogP contribution in [-0.2, 0) is 6.42 Å². The third kappa shape index (κ3) is 3.30. The average molecular weight is 295 g/mol. The monoisotopic (exact) mass is 294 g/mol. The summed E-state index contributed by atoms with van der Waals surface area (Å²) < 4.78 is 0. The summed E-state index contributed by atoms with van der Waals surface area (Å²) in [6, 6.07) is 11.4. The molecule has 0 aliphatic carbocycles. The minimum absolute atomic E-state index is 0.502. The summed E-state index contributed by atoms with van der Waals surface area (Å²) in [6.45, 7) is 3.89. The van der Waals surface area contributed by atoms with E-state index in [2.05, 4.69) is 0 Å². The van der Waals surface area contributed by atoms with E-state index in [0.29, 0.717) is 11.4 Å². The van der Waals surface area contributed by atoms with Crippen LogP contribution in [0.2, 0.25) is 10.0 Å². The van der Waals surface area contributed by atoms with E-state index in [9.17, 15) is 5.11 Å². The average Bonchev–Trinajstić information content (AvgIpc) is 2.36. The molecule has 0 saturated carbocycles. The second-order valence-electron chi connectivity index (χ2n) is 4.77. The van der Waals surface area contributed by atoms with Gasteiger partial charge in [-0.05, 0) is 48.2 Å². The Bertz CT molecular complexity index is 593. The highest BCUT2D eigenvalue weighted by molar-refractivity contribution is 6.31. The zero-order chi connectivity index (χ0) is 14.0. The van der Waals surface area contributed by atoms with E-state index in [1.54, 1.807) is 0 Å². The van der Waals surface area contributed by atoms with Crippen LogP contribution < -0.4 is 0 Å². The highest BCUT2D eigenvalue weighted by Gasteiger charge is 2.14. The van der Waals surface area contributed by atoms with Crippen LogP contribution in [0.15, 0.2) is 36.4 Å². The fourth-order valence-electron chi connectivity index (χ4n) is 2.14. The van der Waals surface area contributed by atoms with Gasteiger partial charge in [0, 0.05) is 16.5 Å². The van der Waals surface area contributed by atoms with E-state index in [-0.39, 0.29) is 0 Å². The Balaban J connectivity index is 2.28. The van der Waals surface area contributed by atoms with E-state index < -0.39 is 6.10 Å². The Kier molecular flexibility index (Phi) is 4.51. The van der Waals surface area contributed by atoms with Crippen LogP contribution in [0.3, 0.4) is 0 Å². The Hall–Kier alpha value is -1.02. The Labute approximate surface area is 123 Å². The fourth-order valence-corrected chi connectivity index (χ4v) is 2.58. The molecule has 1 unspecified atom stereocenters. The van der Waals surface area contributed by atoms with Crippen molar-refractivity contribution in [3.63, 3.8) is 0 Å². The van der Waals surface area contributed by atoms with Crippen molar-refractivity contribution in [2.45, 2.75) is 26.4 Å². The molecule has 0 aromatic heterocycles. The Morgan fingerprint density at radius 3 is 2.37 bits per heavy atom. The molecule has 0 fully saturated rings. The second-order valence-corrected chi connectivity index (χ2v) is 5.58. The molecule has 0 heterocycles. The van der Waals surface area contributed by atoms with Gasteiger partial charge in [0.25, 0.3) is 0 Å². The normalized spacial score (nSPS) is 12.5. The van der Waals surface area contributed by atoms with Crippen LogP contribution >= 0.6 is 23.2 Å². The van der Waals surface area contributed by atoms with Gasteiger partial charge in [0.05, 0.1) is 6.10 Å². The molecule has 1 atom stereocenters. The molecule has 19 heavy (non-hydrogen) atoms. The van der Waals surface area contributed by atoms with Gasteiger partial charge < -0.3 is 5.11 Å². The number of hydrogen-bond donors (Lipinski definition) is 1. The maximum absolute atomic E-state index is 10.4. The Morgan fingerprint density at radius 2 is 1.68 bits per heavy atom. The molecule has 1 nitrogen and oxygen atoms in total. The molecule has 0 bridgehead atoms. The molecular formula is C16H16Cl2O. The van der Waals surface area contributed by atoms with Crippen molar-refractivity contribution >= 4 is 23.2 Å². The number of aryl methyl sites for hydroxylation is 2. The number of aliphatic hydroxyl groups is 1. The zero-order valence-corrected chi connectivity index (χ0v) is 12.5. The molecule has 0 spiro atoms. The van der Waals surface area contributed by atoms with Crippen LogP contribution in [0.25, 0.3) is 0 Å². The lowest BCUT2D eigenvalue weighted by Gasteiger charge is -2.16. The number of hydrogen-bond acceptors (Lipinski definition) is 1. The minimum atomic E-state index is -0.573. The highest BCUT2D eigenvalue weighted by Crippen LogP contribution is 2.28. The number of rotatable bonds is 3. The molecule has 100 valence electrons. The van der Waals surface area contributed by atoms with Gasteiger partial charge in [-0.3, -0.25) is 0 Å². The van der Waals surface area contributed by atoms with E-state index in [1.807, 2.05) is 50.2 Å². The topological polar surface area (TPSA) is 20.2 Å². The van der Waals surface area contributed by atoms with Gasteiger partial charge in [-0.25, -0.2) is 0 Å². The molecule has 0 amide bonds. The maximum Gasteiger partial charge on any atom is 0.0833 e. The second kappa shape index (κ2) is 5.96. The predicted octanol–water partition coefficient (Wildman–Crippen LogP) is 4.89. The molecule has 2 aromatic carbocycles. The molecule has 1 N–H and O–H groups in total. The van der Waals surface area contributed by atoms with Crippen molar-refractivity contribution in [1.29, 1.82) is 0 Å². The lowest BCUT2D eigenvalue weighted by Crippen LogP contribution is -2.05. The molecular weight excluding hydrogens is 279 g/mol. The number of benzene rings is 2. The van der Waals surface area contributed by atoms with Gasteiger partial charge in [-0.15, -0.1) is 0 Å². The van der Waals surface area contributed by atoms with Crippen molar-refractivity contribution in [2.75, 3.05) is 0 Å². The van der Waals surface area contributed by atoms with E-state index in [1.165, 1.54) is 0 Å². The van der Waals surface area contributed by atoms with Crippen molar-refractivity contribution < 1.29 is 5.11 Å². The zero-order valence-electron chi connectivity index (χ0n) is 11.0. The fraction of sp³-hybridized carbons (Fsp3) is 0.250. The quantitative estimate of drug-likeness (QED) is 0.855. The summed E-state index contributed by atoms with van der Waals surface area (Å²) in [5.74, 6) is 0. The highest BCUT2D eigenvalue weighted by atomic mass is 35.5. The van der Waals surface area contributed by atoms with Crippen LogP contribution in [0, 0.1) is 13.8 Å². The van der Waals surface area contributed by atoms with Crippen LogP contribution in [-0.4, -0.2) is 5.11 Å². The SMILES string of the molecule is Cc1cc(C(O)Cc2ccccc2Cl)c(C)cc1Cl. The Morgan fingerprint density at radius 1 is 1.00 bits per heavy atom. The summed E-state index contributed by atoms with van der Waals surface area (Å²) in [6.07, 6.45) is -0.0717. The minimum Gasteiger partial charge on any atom is -0.388 e. The molecule has 2 rings (SSSR count). The summed E-state index contributed by atoms with van der Waals surface area (Å²) in [7, 11) is 0. The van der Waals surface area contributed by atoms with Gasteiger partial charge in [0.15, 0.2) is 0 Å². The summed E-state index contributed by atoms with van der Waals surface area (Å²) in [5.41, 5.74) is 3.82. The smallest absolute Gasteiger partial charge is 0.0833 e. The molecule has 0 aliphatic heterocycles. The molecule has 0 radical (unpaired) electrons. The predicted molar refractivity (Wildman–Crippen MR) is 81.0 cm³/mol. The van der Waals surface area contributed by atoms with E-state index in [4.69, 9.17) is 23.2 Å². The third-order valence-corrected chi connectivity index (χ3v) is 4.05. The van der Waals surface area contributed by atoms with E-state index in [0.717, 1.165) is 27.3 Å². The molecule has 2 aromatic rings. The van der Waals surface area contributed by atoms with Crippen molar-refractivity contribution in [3.05, 3.63) is 68.7 Å². The van der Waals surface area contributed by atoms with Crippen molar-refractivity contribution in [3.8, 4) is 0 Å². The molecule has 0 aliphatic rings. The largest absolute Gasteiger partial charge is 0.388 e. The van der Waals surface area contributed by atoms with Gasteiger partial charge in [0.2, 0.25) is 0 Å². The summed E-state index contributed by atoms with van der Waals surface area (Å²) in [5, 5.41) is 11.8. The first kappa shape index (κ1) is 14.4. The lowest BCUT2D eigenvalue weighted by molar-refractivity contribution is 0.177. The molecule has 3 heteroatoms. The first-order valence-corrected chi connectivity index (χ1v) is 6.92. The molecule has 0 saturated heterocycles. The van der Waals surface area contributed by atoms with Gasteiger partial charge in [-0.1, -0.05) is 47.5 Å². The van der Waals surface area contributed by atoms with Gasteiger partial charge >= 0.3 is 0 Å². The third-order valence-electron chi connectivity index (χ3n) is 3.28. The number of halogens is 2. The summed E-state index contributed by atoms with van der Waals surface area (Å²) in [4.78, 5) is 0. The van der Waals surface area contributed by atoms with E-state index >= 15 is 0 Å². The van der Waals surface area contributed by atoms with Crippen LogP contribution in [0.4, 0.5) is 0 Å². The maximum atomic E-state index is 10.4. The van der Waals surface area contributed by atoms with Crippen molar-refractivity contribution in [2.24, 2.45) is 0 Å². The standard InChI is InChI=1S/C16H16Cl2O/c1-10-8-15(18)11(2)7-13(10)16(19)9-12-5-3-4-6-14(12)17/h3-8,16,19H,9H2,1-2H3. The first-order chi connectivity index (χ1) is 8.99.